The van der Waals surface area contributed by atoms with Gasteiger partial charge in [0.1, 0.15) is 5.69 Å². The summed E-state index contributed by atoms with van der Waals surface area (Å²) in [6.07, 6.45) is -5.50. The fourth-order valence-corrected chi connectivity index (χ4v) is 4.13. The molecule has 172 valence electrons. The lowest BCUT2D eigenvalue weighted by Gasteiger charge is -2.37. The maximum atomic E-state index is 12.6. The molecule has 1 aromatic heterocycles. The molecule has 0 saturated heterocycles. The van der Waals surface area contributed by atoms with E-state index in [1.54, 1.807) is 22.9 Å². The van der Waals surface area contributed by atoms with Crippen molar-refractivity contribution in [1.29, 1.82) is 0 Å². The van der Waals surface area contributed by atoms with E-state index in [0.29, 0.717) is 40.1 Å². The molecule has 2 aromatic rings. The number of alkyl halides is 3. The summed E-state index contributed by atoms with van der Waals surface area (Å²) >= 11 is 12.0. The highest BCUT2D eigenvalue weighted by atomic mass is 35.5. The van der Waals surface area contributed by atoms with E-state index < -0.39 is 30.4 Å². The number of primary amides is 1. The van der Waals surface area contributed by atoms with Crippen molar-refractivity contribution in [1.82, 2.24) is 20.0 Å². The van der Waals surface area contributed by atoms with E-state index in [1.807, 2.05) is 0 Å². The Morgan fingerprint density at radius 1 is 1.19 bits per heavy atom. The van der Waals surface area contributed by atoms with Gasteiger partial charge in [-0.25, -0.2) is 4.79 Å². The third kappa shape index (κ3) is 4.64. The molecule has 0 unspecified atom stereocenters. The Kier molecular flexibility index (Phi) is 5.99. The number of nitrogens with zero attached hydrogens (tertiary/aromatic N) is 3. The number of amides is 3. The summed E-state index contributed by atoms with van der Waals surface area (Å²) in [6.45, 7) is 0.678. The van der Waals surface area contributed by atoms with Crippen LogP contribution < -0.4 is 11.1 Å². The minimum absolute atomic E-state index is 0.0631. The molecule has 1 fully saturated rings. The van der Waals surface area contributed by atoms with Gasteiger partial charge in [-0.05, 0) is 25.0 Å². The first-order valence-electron chi connectivity index (χ1n) is 9.66. The zero-order valence-electron chi connectivity index (χ0n) is 16.5. The Labute approximate surface area is 190 Å². The van der Waals surface area contributed by atoms with Crippen molar-refractivity contribution in [2.45, 2.75) is 44.4 Å². The van der Waals surface area contributed by atoms with Gasteiger partial charge >= 0.3 is 12.4 Å². The number of ether oxygens (including phenoxy) is 1. The highest BCUT2D eigenvalue weighted by Gasteiger charge is 2.41. The first-order chi connectivity index (χ1) is 15.0. The van der Waals surface area contributed by atoms with Crippen LogP contribution in [0.25, 0.3) is 11.3 Å². The van der Waals surface area contributed by atoms with Gasteiger partial charge in [0.25, 0.3) is 5.91 Å². The van der Waals surface area contributed by atoms with Crippen LogP contribution in [0.15, 0.2) is 18.2 Å². The number of nitrogens with two attached hydrogens (primary N) is 1. The Morgan fingerprint density at radius 3 is 2.53 bits per heavy atom. The molecule has 0 spiro atoms. The standard InChI is InChI=1S/C19H18Cl2F3N5O3/c20-12-2-1-9(5-13(12)21)16-15(17(25)30)14-8-28(3-4-29(14)27-16)18(31)26-10-6-11(7-10)32-19(22,23)24/h1-2,5,10-11H,3-4,6-8H2,(H2,25,30)(H,26,31)/t10-,11-. The Balaban J connectivity index is 1.47. The lowest BCUT2D eigenvalue weighted by Crippen LogP contribution is -2.54. The Morgan fingerprint density at radius 2 is 1.91 bits per heavy atom. The number of urea groups is 1. The third-order valence-corrected chi connectivity index (χ3v) is 6.17. The number of carbonyl (C=O) groups excluding carboxylic acids is 2. The molecule has 1 saturated carbocycles. The second kappa shape index (κ2) is 8.45. The van der Waals surface area contributed by atoms with Crippen LogP contribution >= 0.6 is 23.2 Å². The number of aromatic nitrogens is 2. The second-order valence-electron chi connectivity index (χ2n) is 7.61. The van der Waals surface area contributed by atoms with Crippen LogP contribution in [-0.2, 0) is 17.8 Å². The van der Waals surface area contributed by atoms with Crippen molar-refractivity contribution in [3.8, 4) is 11.3 Å². The molecule has 2 aliphatic rings. The van der Waals surface area contributed by atoms with Crippen molar-refractivity contribution >= 4 is 35.1 Å². The Hall–Kier alpha value is -2.50. The second-order valence-corrected chi connectivity index (χ2v) is 8.43. The summed E-state index contributed by atoms with van der Waals surface area (Å²) in [5.41, 5.74) is 7.13. The maximum Gasteiger partial charge on any atom is 0.522 e. The average Bonchev–Trinajstić information content (AvgIpc) is 3.06. The molecule has 8 nitrogen and oxygen atoms in total. The largest absolute Gasteiger partial charge is 0.522 e. The van der Waals surface area contributed by atoms with Gasteiger partial charge in [0.2, 0.25) is 0 Å². The quantitative estimate of drug-likeness (QED) is 0.682. The van der Waals surface area contributed by atoms with E-state index in [2.05, 4.69) is 15.2 Å². The predicted octanol–water partition coefficient (Wildman–Crippen LogP) is 3.55. The zero-order chi connectivity index (χ0) is 23.2. The van der Waals surface area contributed by atoms with Crippen LogP contribution in [0, 0.1) is 0 Å². The SMILES string of the molecule is NC(=O)c1c(-c2ccc(Cl)c(Cl)c2)nn2c1CN(C(=O)N[C@H]1C[C@H](OC(F)(F)F)C1)CC2. The number of nitrogens with one attached hydrogen (secondary N) is 1. The fraction of sp³-hybridized carbons (Fsp3) is 0.421. The van der Waals surface area contributed by atoms with Gasteiger partial charge in [-0.3, -0.25) is 14.2 Å². The number of benzene rings is 1. The summed E-state index contributed by atoms with van der Waals surface area (Å²) in [4.78, 5) is 26.3. The number of carbonyl (C=O) groups is 2. The van der Waals surface area contributed by atoms with E-state index in [9.17, 15) is 22.8 Å². The minimum Gasteiger partial charge on any atom is -0.365 e. The van der Waals surface area contributed by atoms with Gasteiger partial charge < -0.3 is 16.0 Å². The Bertz CT molecular complexity index is 1070. The monoisotopic (exact) mass is 491 g/mol. The van der Waals surface area contributed by atoms with Gasteiger partial charge in [-0.1, -0.05) is 29.3 Å². The number of hydrogen-bond donors (Lipinski definition) is 2. The van der Waals surface area contributed by atoms with Gasteiger partial charge in [-0.2, -0.15) is 5.10 Å². The van der Waals surface area contributed by atoms with Crippen LogP contribution in [0.5, 0.6) is 0 Å². The molecule has 4 rings (SSSR count). The van der Waals surface area contributed by atoms with Crippen molar-refractivity contribution < 1.29 is 27.5 Å². The molecule has 3 N–H and O–H groups in total. The van der Waals surface area contributed by atoms with E-state index in [-0.39, 0.29) is 24.9 Å². The molecular formula is C19H18Cl2F3N5O3. The van der Waals surface area contributed by atoms with Gasteiger partial charge in [0, 0.05) is 18.2 Å². The van der Waals surface area contributed by atoms with Crippen LogP contribution in [0.3, 0.4) is 0 Å². The number of hydrogen-bond acceptors (Lipinski definition) is 4. The molecule has 1 aliphatic carbocycles. The molecule has 3 amide bonds. The predicted molar refractivity (Wildman–Crippen MR) is 109 cm³/mol. The molecular weight excluding hydrogens is 474 g/mol. The van der Waals surface area contributed by atoms with Crippen LogP contribution in [0.4, 0.5) is 18.0 Å². The normalized spacial score (nSPS) is 20.5. The molecule has 2 heterocycles. The van der Waals surface area contributed by atoms with E-state index in [0.717, 1.165) is 0 Å². The van der Waals surface area contributed by atoms with Crippen molar-refractivity contribution in [2.75, 3.05) is 6.54 Å². The van der Waals surface area contributed by atoms with E-state index >= 15 is 0 Å². The molecule has 1 aromatic carbocycles. The molecule has 0 bridgehead atoms. The lowest BCUT2D eigenvalue weighted by atomic mass is 9.89. The van der Waals surface area contributed by atoms with Crippen molar-refractivity contribution in [3.05, 3.63) is 39.5 Å². The summed E-state index contributed by atoms with van der Waals surface area (Å²) in [5, 5.41) is 7.81. The van der Waals surface area contributed by atoms with Crippen LogP contribution in [0.1, 0.15) is 28.9 Å². The molecule has 32 heavy (non-hydrogen) atoms. The van der Waals surface area contributed by atoms with Gasteiger partial charge in [0.05, 0.1) is 40.5 Å². The first kappa shape index (κ1) is 22.7. The fourth-order valence-electron chi connectivity index (χ4n) is 3.83. The van der Waals surface area contributed by atoms with Gasteiger partial charge in [0.15, 0.2) is 0 Å². The van der Waals surface area contributed by atoms with Crippen molar-refractivity contribution in [2.24, 2.45) is 5.73 Å². The first-order valence-corrected chi connectivity index (χ1v) is 10.4. The molecule has 0 radical (unpaired) electrons. The van der Waals surface area contributed by atoms with Crippen molar-refractivity contribution in [3.63, 3.8) is 0 Å². The van der Waals surface area contributed by atoms with E-state index in [4.69, 9.17) is 28.9 Å². The maximum absolute atomic E-state index is 12.6. The molecule has 1 aliphatic heterocycles. The molecule has 0 atom stereocenters. The number of fused-ring (bicyclic) bond motifs is 1. The smallest absolute Gasteiger partial charge is 0.365 e. The van der Waals surface area contributed by atoms with Crippen LogP contribution in [0.2, 0.25) is 10.0 Å². The molecule has 13 heteroatoms. The minimum atomic E-state index is -4.69. The highest BCUT2D eigenvalue weighted by molar-refractivity contribution is 6.42. The van der Waals surface area contributed by atoms with E-state index in [1.165, 1.54) is 4.90 Å². The lowest BCUT2D eigenvalue weighted by molar-refractivity contribution is -0.351. The number of rotatable bonds is 4. The van der Waals surface area contributed by atoms with Gasteiger partial charge in [-0.15, -0.1) is 13.2 Å². The number of halogens is 5. The average molecular weight is 492 g/mol. The zero-order valence-corrected chi connectivity index (χ0v) is 18.0. The highest BCUT2D eigenvalue weighted by Crippen LogP contribution is 2.33. The summed E-state index contributed by atoms with van der Waals surface area (Å²) in [5.74, 6) is -0.708. The van der Waals surface area contributed by atoms with Crippen LogP contribution in [-0.4, -0.2) is 51.7 Å². The summed E-state index contributed by atoms with van der Waals surface area (Å²) < 4.78 is 42.3. The topological polar surface area (TPSA) is 102 Å². The summed E-state index contributed by atoms with van der Waals surface area (Å²) in [6, 6.07) is 3.96. The summed E-state index contributed by atoms with van der Waals surface area (Å²) in [7, 11) is 0. The third-order valence-electron chi connectivity index (χ3n) is 5.43.